The van der Waals surface area contributed by atoms with E-state index in [2.05, 4.69) is 15.4 Å². The molecule has 0 radical (unpaired) electrons. The minimum Gasteiger partial charge on any atom is -0.349 e. The Morgan fingerprint density at radius 1 is 1.16 bits per heavy atom. The molecule has 7 nitrogen and oxygen atoms in total. The molecule has 3 rings (SSSR count). The predicted octanol–water partition coefficient (Wildman–Crippen LogP) is 3.75. The Balaban J connectivity index is 1.61. The number of hydrogen-bond donors (Lipinski definition) is 1. The van der Waals surface area contributed by atoms with E-state index in [4.69, 9.17) is 0 Å². The summed E-state index contributed by atoms with van der Waals surface area (Å²) in [6, 6.07) is 2.09. The molecule has 1 fully saturated rings. The van der Waals surface area contributed by atoms with Gasteiger partial charge in [-0.3, -0.25) is 9.59 Å². The van der Waals surface area contributed by atoms with E-state index in [1.807, 2.05) is 18.7 Å². The number of halogens is 3. The molecule has 1 aliphatic heterocycles. The largest absolute Gasteiger partial charge is 0.417 e. The van der Waals surface area contributed by atoms with Crippen LogP contribution in [0.1, 0.15) is 61.1 Å². The maximum atomic E-state index is 12.8. The number of piperidine rings is 1. The predicted molar refractivity (Wildman–Crippen MR) is 112 cm³/mol. The summed E-state index contributed by atoms with van der Waals surface area (Å²) >= 11 is 0. The van der Waals surface area contributed by atoms with Crippen molar-refractivity contribution in [2.24, 2.45) is 5.92 Å². The molecule has 2 aromatic rings. The van der Waals surface area contributed by atoms with Crippen molar-refractivity contribution in [3.05, 3.63) is 41.3 Å². The van der Waals surface area contributed by atoms with Gasteiger partial charge in [-0.25, -0.2) is 9.67 Å². The number of amides is 2. The fourth-order valence-electron chi connectivity index (χ4n) is 3.95. The topological polar surface area (TPSA) is 80.1 Å². The van der Waals surface area contributed by atoms with E-state index in [1.54, 1.807) is 6.92 Å². The monoisotopic (exact) mass is 451 g/mol. The van der Waals surface area contributed by atoms with Gasteiger partial charge in [0.05, 0.1) is 23.0 Å². The molecule has 1 N–H and O–H groups in total. The van der Waals surface area contributed by atoms with Gasteiger partial charge in [-0.1, -0.05) is 13.8 Å². The lowest BCUT2D eigenvalue weighted by molar-refractivity contribution is -0.138. The molecule has 0 unspecified atom stereocenters. The number of carbonyl (C=O) groups is 2. The van der Waals surface area contributed by atoms with E-state index in [-0.39, 0.29) is 29.6 Å². The zero-order chi connectivity index (χ0) is 23.5. The van der Waals surface area contributed by atoms with Gasteiger partial charge < -0.3 is 10.2 Å². The minimum atomic E-state index is -4.47. The average molecular weight is 451 g/mol. The fourth-order valence-corrected chi connectivity index (χ4v) is 3.95. The molecule has 0 atom stereocenters. The number of alkyl halides is 3. The van der Waals surface area contributed by atoms with Crippen LogP contribution in [0.25, 0.3) is 5.82 Å². The smallest absolute Gasteiger partial charge is 0.349 e. The fraction of sp³-hybridized carbons (Fsp3) is 0.545. The van der Waals surface area contributed by atoms with Crippen molar-refractivity contribution in [1.29, 1.82) is 0 Å². The van der Waals surface area contributed by atoms with Crippen LogP contribution in [0.2, 0.25) is 0 Å². The van der Waals surface area contributed by atoms with Crippen molar-refractivity contribution in [3.63, 3.8) is 0 Å². The van der Waals surface area contributed by atoms with Crippen molar-refractivity contribution in [2.75, 3.05) is 13.1 Å². The Bertz CT molecular complexity index is 943. The summed E-state index contributed by atoms with van der Waals surface area (Å²) in [5, 5.41) is 7.11. The third kappa shape index (κ3) is 5.11. The average Bonchev–Trinajstić information content (AvgIpc) is 3.16. The van der Waals surface area contributed by atoms with Crippen LogP contribution in [0.4, 0.5) is 13.2 Å². The molecule has 0 spiro atoms. The lowest BCUT2D eigenvalue weighted by Crippen LogP contribution is -2.48. The summed E-state index contributed by atoms with van der Waals surface area (Å²) in [6.45, 7) is 6.91. The zero-order valence-electron chi connectivity index (χ0n) is 18.4. The number of rotatable bonds is 6. The van der Waals surface area contributed by atoms with E-state index in [9.17, 15) is 22.8 Å². The Labute approximate surface area is 185 Å². The molecular weight excluding hydrogens is 423 g/mol. The number of nitrogens with zero attached hydrogens (tertiary/aromatic N) is 4. The molecule has 2 aromatic heterocycles. The molecule has 1 aliphatic rings. The summed E-state index contributed by atoms with van der Waals surface area (Å²) < 4.78 is 39.6. The molecular formula is C22H28F3N5O2. The standard InChI is InChI=1S/C22H28F3N5O2/c1-4-15(5-2)21(32)29-10-8-17(9-11-29)28-20(31)18-13-27-30(14(18)3)19-7-6-16(12-26-19)22(23,24)25/h6-7,12-13,15,17H,4-5,8-11H2,1-3H3,(H,28,31). The minimum absolute atomic E-state index is 0.0495. The highest BCUT2D eigenvalue weighted by atomic mass is 19.4. The van der Waals surface area contributed by atoms with Crippen LogP contribution in [0.3, 0.4) is 0 Å². The Morgan fingerprint density at radius 3 is 2.34 bits per heavy atom. The van der Waals surface area contributed by atoms with E-state index < -0.39 is 11.7 Å². The summed E-state index contributed by atoms with van der Waals surface area (Å²) in [5.74, 6) is 0.127. The number of aromatic nitrogens is 3. The molecule has 3 heterocycles. The second kappa shape index (κ2) is 9.70. The molecule has 0 saturated carbocycles. The van der Waals surface area contributed by atoms with Crippen molar-refractivity contribution < 1.29 is 22.8 Å². The lowest BCUT2D eigenvalue weighted by Gasteiger charge is -2.34. The van der Waals surface area contributed by atoms with E-state index >= 15 is 0 Å². The molecule has 0 aliphatic carbocycles. The van der Waals surface area contributed by atoms with Gasteiger partial charge in [0.1, 0.15) is 0 Å². The number of pyridine rings is 1. The maximum absolute atomic E-state index is 12.8. The summed E-state index contributed by atoms with van der Waals surface area (Å²) in [4.78, 5) is 31.0. The third-order valence-corrected chi connectivity index (χ3v) is 6.02. The lowest BCUT2D eigenvalue weighted by atomic mass is 9.98. The van der Waals surface area contributed by atoms with Crippen molar-refractivity contribution in [1.82, 2.24) is 25.0 Å². The van der Waals surface area contributed by atoms with Crippen LogP contribution in [0, 0.1) is 12.8 Å². The summed E-state index contributed by atoms with van der Waals surface area (Å²) in [6.07, 6.45) is 0.648. The molecule has 10 heteroatoms. The number of nitrogens with one attached hydrogen (secondary N) is 1. The SMILES string of the molecule is CCC(CC)C(=O)N1CCC(NC(=O)c2cnn(-c3ccc(C(F)(F)F)cn3)c2C)CC1. The van der Waals surface area contributed by atoms with Crippen LogP contribution < -0.4 is 5.32 Å². The van der Waals surface area contributed by atoms with Gasteiger partial charge in [-0.2, -0.15) is 18.3 Å². The first-order valence-electron chi connectivity index (χ1n) is 10.8. The zero-order valence-corrected chi connectivity index (χ0v) is 18.4. The normalized spacial score (nSPS) is 15.3. The number of carbonyl (C=O) groups excluding carboxylic acids is 2. The van der Waals surface area contributed by atoms with Crippen molar-refractivity contribution >= 4 is 11.8 Å². The Hall–Kier alpha value is -2.91. The number of likely N-dealkylation sites (tertiary alicyclic amines) is 1. The molecule has 2 amide bonds. The van der Waals surface area contributed by atoms with Crippen LogP contribution in [0.5, 0.6) is 0 Å². The van der Waals surface area contributed by atoms with Crippen LogP contribution in [-0.2, 0) is 11.0 Å². The first kappa shape index (κ1) is 23.7. The van der Waals surface area contributed by atoms with Gasteiger partial charge in [-0.15, -0.1) is 0 Å². The van der Waals surface area contributed by atoms with Crippen LogP contribution >= 0.6 is 0 Å². The first-order valence-corrected chi connectivity index (χ1v) is 10.8. The van der Waals surface area contributed by atoms with Crippen LogP contribution in [0.15, 0.2) is 24.5 Å². The van der Waals surface area contributed by atoms with E-state index in [0.717, 1.165) is 25.1 Å². The van der Waals surface area contributed by atoms with Gasteiger partial charge >= 0.3 is 6.18 Å². The highest BCUT2D eigenvalue weighted by Crippen LogP contribution is 2.29. The third-order valence-electron chi connectivity index (χ3n) is 6.02. The van der Waals surface area contributed by atoms with Crippen LogP contribution in [-0.4, -0.2) is 50.6 Å². The highest BCUT2D eigenvalue weighted by Gasteiger charge is 2.31. The molecule has 32 heavy (non-hydrogen) atoms. The Morgan fingerprint density at radius 2 is 1.81 bits per heavy atom. The summed E-state index contributed by atoms with van der Waals surface area (Å²) in [5.41, 5.74) is -0.0311. The van der Waals surface area contributed by atoms with E-state index in [1.165, 1.54) is 16.9 Å². The molecule has 174 valence electrons. The van der Waals surface area contributed by atoms with E-state index in [0.29, 0.717) is 37.2 Å². The second-order valence-electron chi connectivity index (χ2n) is 8.04. The molecule has 0 bridgehead atoms. The molecule has 1 saturated heterocycles. The van der Waals surface area contributed by atoms with Gasteiger partial charge in [0.25, 0.3) is 5.91 Å². The highest BCUT2D eigenvalue weighted by molar-refractivity contribution is 5.95. The Kier molecular flexibility index (Phi) is 7.20. The maximum Gasteiger partial charge on any atom is 0.417 e. The quantitative estimate of drug-likeness (QED) is 0.726. The summed E-state index contributed by atoms with van der Waals surface area (Å²) in [7, 11) is 0. The van der Waals surface area contributed by atoms with Crippen molar-refractivity contribution in [3.8, 4) is 5.82 Å². The first-order chi connectivity index (χ1) is 15.2. The number of hydrogen-bond acceptors (Lipinski definition) is 4. The second-order valence-corrected chi connectivity index (χ2v) is 8.04. The van der Waals surface area contributed by atoms with Gasteiger partial charge in [0, 0.05) is 31.2 Å². The van der Waals surface area contributed by atoms with Gasteiger partial charge in [0.2, 0.25) is 5.91 Å². The molecule has 0 aromatic carbocycles. The van der Waals surface area contributed by atoms with Gasteiger partial charge in [-0.05, 0) is 44.7 Å². The van der Waals surface area contributed by atoms with Crippen molar-refractivity contribution in [2.45, 2.75) is 58.7 Å². The van der Waals surface area contributed by atoms with Gasteiger partial charge in [0.15, 0.2) is 5.82 Å².